The Morgan fingerprint density at radius 1 is 1.05 bits per heavy atom. The zero-order valence-corrected chi connectivity index (χ0v) is 12.0. The Hall–Kier alpha value is -1.35. The molecule has 1 N–H and O–H groups in total. The van der Waals surface area contributed by atoms with Crippen LogP contribution in [0.15, 0.2) is 18.2 Å². The van der Waals surface area contributed by atoms with E-state index in [1.54, 1.807) is 0 Å². The summed E-state index contributed by atoms with van der Waals surface area (Å²) in [6.07, 6.45) is 7.72. The third-order valence-corrected chi connectivity index (χ3v) is 5.26. The zero-order valence-electron chi connectivity index (χ0n) is 12.0. The molecule has 106 valence electrons. The Labute approximate surface area is 120 Å². The molecule has 3 nitrogen and oxygen atoms in total. The fourth-order valence-corrected chi connectivity index (χ4v) is 4.20. The number of fused-ring (bicyclic) bond motifs is 2. The SMILES string of the molecule is O=C1CC[C@@]2(c3ccc4c(c3)CCCC4)NCCCN12. The van der Waals surface area contributed by atoms with Crippen LogP contribution in [-0.4, -0.2) is 23.9 Å². The molecule has 1 aromatic rings. The first-order valence-corrected chi connectivity index (χ1v) is 7.97. The summed E-state index contributed by atoms with van der Waals surface area (Å²) in [5.74, 6) is 0.315. The molecule has 2 fully saturated rings. The van der Waals surface area contributed by atoms with Gasteiger partial charge < -0.3 is 4.90 Å². The van der Waals surface area contributed by atoms with E-state index in [9.17, 15) is 4.79 Å². The number of nitrogens with zero attached hydrogens (tertiary/aromatic N) is 1. The van der Waals surface area contributed by atoms with E-state index in [0.29, 0.717) is 12.3 Å². The summed E-state index contributed by atoms with van der Waals surface area (Å²) >= 11 is 0. The van der Waals surface area contributed by atoms with E-state index in [1.165, 1.54) is 42.4 Å². The smallest absolute Gasteiger partial charge is 0.224 e. The Morgan fingerprint density at radius 3 is 2.80 bits per heavy atom. The largest absolute Gasteiger partial charge is 0.320 e. The lowest BCUT2D eigenvalue weighted by atomic mass is 9.86. The van der Waals surface area contributed by atoms with Gasteiger partial charge in [0.2, 0.25) is 5.91 Å². The van der Waals surface area contributed by atoms with Gasteiger partial charge in [0.1, 0.15) is 5.66 Å². The molecule has 2 heterocycles. The van der Waals surface area contributed by atoms with E-state index >= 15 is 0 Å². The summed E-state index contributed by atoms with van der Waals surface area (Å²) in [7, 11) is 0. The molecule has 0 saturated carbocycles. The molecule has 0 aromatic heterocycles. The first-order valence-electron chi connectivity index (χ1n) is 7.97. The third kappa shape index (κ3) is 1.72. The first kappa shape index (κ1) is 12.4. The normalized spacial score (nSPS) is 29.2. The summed E-state index contributed by atoms with van der Waals surface area (Å²) in [5.41, 5.74) is 4.13. The van der Waals surface area contributed by atoms with Gasteiger partial charge in [-0.25, -0.2) is 0 Å². The van der Waals surface area contributed by atoms with Gasteiger partial charge in [-0.2, -0.15) is 0 Å². The lowest BCUT2D eigenvalue weighted by Gasteiger charge is -2.44. The third-order valence-electron chi connectivity index (χ3n) is 5.26. The predicted molar refractivity (Wildman–Crippen MR) is 78.3 cm³/mol. The van der Waals surface area contributed by atoms with Crippen LogP contribution in [0, 0.1) is 0 Å². The van der Waals surface area contributed by atoms with Gasteiger partial charge in [0.15, 0.2) is 0 Å². The van der Waals surface area contributed by atoms with Gasteiger partial charge in [0, 0.05) is 13.0 Å². The van der Waals surface area contributed by atoms with Crippen LogP contribution in [0.2, 0.25) is 0 Å². The second-order valence-electron chi connectivity index (χ2n) is 6.38. The molecular formula is C17H22N2O. The molecule has 2 saturated heterocycles. The van der Waals surface area contributed by atoms with Crippen LogP contribution in [0.25, 0.3) is 0 Å². The molecule has 20 heavy (non-hydrogen) atoms. The number of nitrogens with one attached hydrogen (secondary N) is 1. The van der Waals surface area contributed by atoms with Crippen molar-refractivity contribution in [3.8, 4) is 0 Å². The number of amides is 1. The van der Waals surface area contributed by atoms with E-state index in [0.717, 1.165) is 25.9 Å². The van der Waals surface area contributed by atoms with Crippen LogP contribution < -0.4 is 5.32 Å². The van der Waals surface area contributed by atoms with Gasteiger partial charge in [0.25, 0.3) is 0 Å². The lowest BCUT2D eigenvalue weighted by Crippen LogP contribution is -2.58. The van der Waals surface area contributed by atoms with Crippen LogP contribution >= 0.6 is 0 Å². The van der Waals surface area contributed by atoms with Crippen molar-refractivity contribution in [2.24, 2.45) is 0 Å². The quantitative estimate of drug-likeness (QED) is 0.849. The van der Waals surface area contributed by atoms with Crippen molar-refractivity contribution in [1.82, 2.24) is 10.2 Å². The number of carbonyl (C=O) groups is 1. The Kier molecular flexibility index (Phi) is 2.84. The van der Waals surface area contributed by atoms with Crippen LogP contribution in [0.4, 0.5) is 0 Å². The number of aryl methyl sites for hydroxylation is 2. The van der Waals surface area contributed by atoms with Crippen LogP contribution in [0.1, 0.15) is 48.8 Å². The molecule has 3 heteroatoms. The van der Waals surface area contributed by atoms with Gasteiger partial charge in [-0.1, -0.05) is 18.2 Å². The summed E-state index contributed by atoms with van der Waals surface area (Å²) < 4.78 is 0. The van der Waals surface area contributed by atoms with Gasteiger partial charge >= 0.3 is 0 Å². The Bertz CT molecular complexity index is 554. The summed E-state index contributed by atoms with van der Waals surface area (Å²) in [5, 5.41) is 3.65. The van der Waals surface area contributed by atoms with Crippen molar-refractivity contribution >= 4 is 5.91 Å². The Morgan fingerprint density at radius 2 is 1.90 bits per heavy atom. The molecular weight excluding hydrogens is 248 g/mol. The predicted octanol–water partition coefficient (Wildman–Crippen LogP) is 2.33. The minimum atomic E-state index is -0.207. The fourth-order valence-electron chi connectivity index (χ4n) is 4.20. The average molecular weight is 270 g/mol. The molecule has 1 atom stereocenters. The average Bonchev–Trinajstić information content (AvgIpc) is 2.86. The second kappa shape index (κ2) is 4.59. The second-order valence-corrected chi connectivity index (χ2v) is 6.38. The van der Waals surface area contributed by atoms with E-state index in [-0.39, 0.29) is 5.66 Å². The van der Waals surface area contributed by atoms with E-state index in [4.69, 9.17) is 0 Å². The molecule has 3 aliphatic rings. The summed E-state index contributed by atoms with van der Waals surface area (Å²) in [6.45, 7) is 1.92. The van der Waals surface area contributed by atoms with Crippen molar-refractivity contribution in [1.29, 1.82) is 0 Å². The topological polar surface area (TPSA) is 32.3 Å². The fraction of sp³-hybridized carbons (Fsp3) is 0.588. The highest BCUT2D eigenvalue weighted by atomic mass is 16.2. The van der Waals surface area contributed by atoms with Gasteiger partial charge in [-0.15, -0.1) is 0 Å². The van der Waals surface area contributed by atoms with Crippen molar-refractivity contribution in [2.45, 2.75) is 50.6 Å². The molecule has 0 bridgehead atoms. The maximum absolute atomic E-state index is 12.2. The first-order chi connectivity index (χ1) is 9.79. The van der Waals surface area contributed by atoms with Crippen molar-refractivity contribution in [2.75, 3.05) is 13.1 Å². The molecule has 4 rings (SSSR count). The highest BCUT2D eigenvalue weighted by Gasteiger charge is 2.47. The number of carbonyl (C=O) groups excluding carboxylic acids is 1. The number of rotatable bonds is 1. The lowest BCUT2D eigenvalue weighted by molar-refractivity contribution is -0.133. The van der Waals surface area contributed by atoms with E-state index in [1.807, 2.05) is 0 Å². The molecule has 1 aromatic carbocycles. The maximum atomic E-state index is 12.2. The minimum absolute atomic E-state index is 0.207. The highest BCUT2D eigenvalue weighted by molar-refractivity contribution is 5.80. The van der Waals surface area contributed by atoms with Crippen molar-refractivity contribution < 1.29 is 4.79 Å². The summed E-state index contributed by atoms with van der Waals surface area (Å²) in [6, 6.07) is 6.93. The standard InChI is InChI=1S/C17H22N2O/c20-16-8-9-17(18-10-3-11-19(16)17)15-7-6-13-4-1-2-5-14(13)12-15/h6-7,12,18H,1-5,8-11H2/t17-/m1/s1. The summed E-state index contributed by atoms with van der Waals surface area (Å²) in [4.78, 5) is 14.2. The van der Waals surface area contributed by atoms with E-state index < -0.39 is 0 Å². The minimum Gasteiger partial charge on any atom is -0.320 e. The van der Waals surface area contributed by atoms with E-state index in [2.05, 4.69) is 28.4 Å². The maximum Gasteiger partial charge on any atom is 0.224 e. The molecule has 2 aliphatic heterocycles. The highest BCUT2D eigenvalue weighted by Crippen LogP contribution is 2.40. The van der Waals surface area contributed by atoms with Crippen LogP contribution in [0.5, 0.6) is 0 Å². The van der Waals surface area contributed by atoms with Gasteiger partial charge in [-0.05, 0) is 61.8 Å². The number of hydrogen-bond acceptors (Lipinski definition) is 2. The van der Waals surface area contributed by atoms with Crippen molar-refractivity contribution in [3.05, 3.63) is 34.9 Å². The monoisotopic (exact) mass is 270 g/mol. The zero-order chi connectivity index (χ0) is 13.6. The molecule has 0 radical (unpaired) electrons. The van der Waals surface area contributed by atoms with Crippen molar-refractivity contribution in [3.63, 3.8) is 0 Å². The molecule has 1 aliphatic carbocycles. The van der Waals surface area contributed by atoms with Crippen LogP contribution in [0.3, 0.4) is 0 Å². The number of hydrogen-bond donors (Lipinski definition) is 1. The number of benzene rings is 1. The molecule has 1 amide bonds. The molecule has 0 unspecified atom stereocenters. The molecule has 0 spiro atoms. The van der Waals surface area contributed by atoms with Gasteiger partial charge in [-0.3, -0.25) is 10.1 Å². The van der Waals surface area contributed by atoms with Gasteiger partial charge in [0.05, 0.1) is 0 Å². The van der Waals surface area contributed by atoms with Crippen LogP contribution in [-0.2, 0) is 23.3 Å². The Balaban J connectivity index is 1.77.